The number of fused-ring (bicyclic) bond motifs is 1. The zero-order chi connectivity index (χ0) is 21.1. The lowest BCUT2D eigenvalue weighted by Gasteiger charge is -2.41. The molecule has 1 unspecified atom stereocenters. The van der Waals surface area contributed by atoms with E-state index < -0.39 is 0 Å². The van der Waals surface area contributed by atoms with Gasteiger partial charge in [-0.1, -0.05) is 42.5 Å². The van der Waals surface area contributed by atoms with Crippen LogP contribution < -0.4 is 5.32 Å². The Hall–Kier alpha value is -2.40. The van der Waals surface area contributed by atoms with E-state index in [-0.39, 0.29) is 29.8 Å². The molecular formula is C25H32N2O3. The second-order valence-corrected chi connectivity index (χ2v) is 8.67. The minimum absolute atomic E-state index is 0.0497. The van der Waals surface area contributed by atoms with E-state index in [0.717, 1.165) is 25.7 Å². The van der Waals surface area contributed by atoms with Crippen molar-refractivity contribution >= 4 is 22.6 Å². The van der Waals surface area contributed by atoms with Gasteiger partial charge in [-0.3, -0.25) is 9.59 Å². The number of rotatable bonds is 6. The topological polar surface area (TPSA) is 58.6 Å². The Bertz CT molecular complexity index is 893. The van der Waals surface area contributed by atoms with Crippen LogP contribution in [0.1, 0.15) is 51.1 Å². The molecule has 30 heavy (non-hydrogen) atoms. The van der Waals surface area contributed by atoms with E-state index in [1.54, 1.807) is 0 Å². The van der Waals surface area contributed by atoms with Crippen LogP contribution in [0.15, 0.2) is 42.5 Å². The summed E-state index contributed by atoms with van der Waals surface area (Å²) in [6, 6.07) is 15.6. The van der Waals surface area contributed by atoms with E-state index in [1.165, 1.54) is 16.3 Å². The molecule has 1 aliphatic heterocycles. The van der Waals surface area contributed by atoms with E-state index in [1.807, 2.05) is 11.8 Å². The van der Waals surface area contributed by atoms with Crippen LogP contribution in [0.25, 0.3) is 10.8 Å². The maximum atomic E-state index is 12.8. The smallest absolute Gasteiger partial charge is 0.309 e. The molecule has 2 aliphatic rings. The van der Waals surface area contributed by atoms with Gasteiger partial charge in [-0.05, 0) is 55.9 Å². The van der Waals surface area contributed by atoms with E-state index in [2.05, 4.69) is 54.7 Å². The molecule has 2 aromatic rings. The molecule has 1 heterocycles. The Morgan fingerprint density at radius 1 is 1.07 bits per heavy atom. The number of hydrogen-bond acceptors (Lipinski definition) is 4. The number of piperidine rings is 1. The summed E-state index contributed by atoms with van der Waals surface area (Å²) in [5.41, 5.74) is 1.31. The van der Waals surface area contributed by atoms with E-state index >= 15 is 0 Å². The fourth-order valence-corrected chi connectivity index (χ4v) is 4.88. The minimum atomic E-state index is -0.111. The molecule has 2 fully saturated rings. The highest BCUT2D eigenvalue weighted by Gasteiger charge is 2.39. The predicted octanol–water partition coefficient (Wildman–Crippen LogP) is 4.07. The van der Waals surface area contributed by atoms with Crippen molar-refractivity contribution in [3.63, 3.8) is 0 Å². The zero-order valence-electron chi connectivity index (χ0n) is 18.0. The summed E-state index contributed by atoms with van der Waals surface area (Å²) in [4.78, 5) is 26.7. The maximum Gasteiger partial charge on any atom is 0.309 e. The summed E-state index contributed by atoms with van der Waals surface area (Å²) in [5.74, 6) is 0.209. The van der Waals surface area contributed by atoms with Crippen LogP contribution in [0.3, 0.4) is 0 Å². The fourth-order valence-electron chi connectivity index (χ4n) is 4.88. The monoisotopic (exact) mass is 408 g/mol. The summed E-state index contributed by atoms with van der Waals surface area (Å²) < 4.78 is 5.12. The molecule has 160 valence electrons. The molecule has 1 amide bonds. The average Bonchev–Trinajstić information content (AvgIpc) is 2.75. The van der Waals surface area contributed by atoms with E-state index in [0.29, 0.717) is 25.7 Å². The van der Waals surface area contributed by atoms with Gasteiger partial charge in [0.25, 0.3) is 0 Å². The van der Waals surface area contributed by atoms with Gasteiger partial charge in [-0.2, -0.15) is 0 Å². The lowest BCUT2D eigenvalue weighted by Crippen LogP contribution is -2.51. The number of benzene rings is 2. The molecule has 0 radical (unpaired) electrons. The highest BCUT2D eigenvalue weighted by atomic mass is 16.5. The van der Waals surface area contributed by atoms with Crippen molar-refractivity contribution in [2.45, 2.75) is 51.6 Å². The lowest BCUT2D eigenvalue weighted by atomic mass is 9.78. The molecule has 1 N–H and O–H groups in total. The van der Waals surface area contributed by atoms with Gasteiger partial charge >= 0.3 is 5.97 Å². The Morgan fingerprint density at radius 3 is 2.50 bits per heavy atom. The molecule has 5 nitrogen and oxygen atoms in total. The maximum absolute atomic E-state index is 12.8. The van der Waals surface area contributed by atoms with Crippen molar-refractivity contribution in [2.75, 3.05) is 19.7 Å². The Labute approximate surface area is 178 Å². The summed E-state index contributed by atoms with van der Waals surface area (Å²) in [5, 5.41) is 6.27. The van der Waals surface area contributed by atoms with Gasteiger partial charge in [-0.15, -0.1) is 0 Å². The Kier molecular flexibility index (Phi) is 6.38. The third kappa shape index (κ3) is 4.36. The number of esters is 1. The minimum Gasteiger partial charge on any atom is -0.466 e. The van der Waals surface area contributed by atoms with Crippen LogP contribution in [-0.4, -0.2) is 42.5 Å². The van der Waals surface area contributed by atoms with Gasteiger partial charge in [0.05, 0.1) is 12.5 Å². The van der Waals surface area contributed by atoms with Crippen LogP contribution in [0.2, 0.25) is 0 Å². The SMILES string of the molecule is CCOC(=O)C1CCN(C(=O)C2CC(NC(C)c3cccc4ccccc34)C2)CC1. The first-order valence-corrected chi connectivity index (χ1v) is 11.3. The van der Waals surface area contributed by atoms with Crippen molar-refractivity contribution in [2.24, 2.45) is 11.8 Å². The highest BCUT2D eigenvalue weighted by Crippen LogP contribution is 2.33. The average molecular weight is 409 g/mol. The van der Waals surface area contributed by atoms with Crippen LogP contribution in [0.5, 0.6) is 0 Å². The molecule has 1 saturated heterocycles. The second kappa shape index (κ2) is 9.17. The predicted molar refractivity (Wildman–Crippen MR) is 118 cm³/mol. The highest BCUT2D eigenvalue weighted by molar-refractivity contribution is 5.86. The molecule has 1 aliphatic carbocycles. The molecule has 4 rings (SSSR count). The normalized spacial score (nSPS) is 23.1. The lowest BCUT2D eigenvalue weighted by molar-refractivity contribution is -0.152. The number of carbonyl (C=O) groups excluding carboxylic acids is 2. The molecular weight excluding hydrogens is 376 g/mol. The molecule has 1 saturated carbocycles. The zero-order valence-corrected chi connectivity index (χ0v) is 18.0. The first-order valence-electron chi connectivity index (χ1n) is 11.3. The molecule has 5 heteroatoms. The number of nitrogens with zero attached hydrogens (tertiary/aromatic N) is 1. The number of ether oxygens (including phenoxy) is 1. The fraction of sp³-hybridized carbons (Fsp3) is 0.520. The van der Waals surface area contributed by atoms with Crippen LogP contribution >= 0.6 is 0 Å². The quantitative estimate of drug-likeness (QED) is 0.732. The van der Waals surface area contributed by atoms with Gasteiger partial charge < -0.3 is 15.0 Å². The summed E-state index contributed by atoms with van der Waals surface area (Å²) >= 11 is 0. The second-order valence-electron chi connectivity index (χ2n) is 8.67. The third-order valence-electron chi connectivity index (χ3n) is 6.69. The summed E-state index contributed by atoms with van der Waals surface area (Å²) in [6.45, 7) is 5.80. The first-order chi connectivity index (χ1) is 14.6. The number of amides is 1. The molecule has 0 bridgehead atoms. The Balaban J connectivity index is 1.26. The van der Waals surface area contributed by atoms with Gasteiger partial charge in [-0.25, -0.2) is 0 Å². The van der Waals surface area contributed by atoms with Crippen molar-refractivity contribution in [3.8, 4) is 0 Å². The molecule has 2 aromatic carbocycles. The van der Waals surface area contributed by atoms with E-state index in [9.17, 15) is 9.59 Å². The number of carbonyl (C=O) groups is 2. The van der Waals surface area contributed by atoms with Gasteiger partial charge in [0.2, 0.25) is 5.91 Å². The van der Waals surface area contributed by atoms with Crippen LogP contribution in [0, 0.1) is 11.8 Å². The standard InChI is InChI=1S/C25H32N2O3/c1-3-30-25(29)19-11-13-27(14-12-19)24(28)20-15-21(16-20)26-17(2)22-10-6-8-18-7-4-5-9-23(18)22/h4-10,17,19-21,26H,3,11-16H2,1-2H3. The molecule has 0 aromatic heterocycles. The van der Waals surface area contributed by atoms with Gasteiger partial charge in [0.15, 0.2) is 0 Å². The van der Waals surface area contributed by atoms with Gasteiger partial charge in [0.1, 0.15) is 0 Å². The summed E-state index contributed by atoms with van der Waals surface area (Å²) in [7, 11) is 0. The van der Waals surface area contributed by atoms with Crippen molar-refractivity contribution in [1.29, 1.82) is 0 Å². The number of nitrogens with one attached hydrogen (secondary N) is 1. The molecule has 0 spiro atoms. The van der Waals surface area contributed by atoms with Crippen LogP contribution in [-0.2, 0) is 14.3 Å². The number of hydrogen-bond donors (Lipinski definition) is 1. The van der Waals surface area contributed by atoms with Crippen LogP contribution in [0.4, 0.5) is 0 Å². The first kappa shape index (κ1) is 20.9. The third-order valence-corrected chi connectivity index (χ3v) is 6.69. The summed E-state index contributed by atoms with van der Waals surface area (Å²) in [6.07, 6.45) is 3.23. The van der Waals surface area contributed by atoms with Gasteiger partial charge in [0, 0.05) is 31.1 Å². The number of likely N-dealkylation sites (tertiary alicyclic amines) is 1. The largest absolute Gasteiger partial charge is 0.466 e. The Morgan fingerprint density at radius 2 is 1.77 bits per heavy atom. The van der Waals surface area contributed by atoms with Crippen molar-refractivity contribution in [3.05, 3.63) is 48.0 Å². The van der Waals surface area contributed by atoms with Crippen molar-refractivity contribution in [1.82, 2.24) is 10.2 Å². The molecule has 1 atom stereocenters. The van der Waals surface area contributed by atoms with E-state index in [4.69, 9.17) is 4.74 Å². The van der Waals surface area contributed by atoms with Crippen molar-refractivity contribution < 1.29 is 14.3 Å².